The molecule has 0 N–H and O–H groups in total. The maximum absolute atomic E-state index is 4.25. The first-order valence-corrected chi connectivity index (χ1v) is 5.19. The van der Waals surface area contributed by atoms with Gasteiger partial charge in [0.2, 0.25) is 0 Å². The Hall–Kier alpha value is -0.670. The minimum absolute atomic E-state index is 1.04. The number of halogens is 1. The van der Waals surface area contributed by atoms with Crippen LogP contribution in [0.4, 0.5) is 0 Å². The van der Waals surface area contributed by atoms with Crippen molar-refractivity contribution in [1.82, 2.24) is 4.98 Å². The van der Waals surface area contributed by atoms with E-state index in [1.807, 2.05) is 24.4 Å². The molecular formula is C9H6BrNS. The van der Waals surface area contributed by atoms with Crippen molar-refractivity contribution in [1.29, 1.82) is 0 Å². The van der Waals surface area contributed by atoms with Crippen molar-refractivity contribution < 1.29 is 0 Å². The molecule has 0 radical (unpaired) electrons. The fourth-order valence-corrected chi connectivity index (χ4v) is 2.36. The Balaban J connectivity index is 2.45. The lowest BCUT2D eigenvalue weighted by Crippen LogP contribution is -1.75. The highest BCUT2D eigenvalue weighted by Gasteiger charge is 2.00. The van der Waals surface area contributed by atoms with Gasteiger partial charge in [0.25, 0.3) is 0 Å². The van der Waals surface area contributed by atoms with Gasteiger partial charge in [-0.15, -0.1) is 11.3 Å². The van der Waals surface area contributed by atoms with Crippen LogP contribution in [0.5, 0.6) is 0 Å². The van der Waals surface area contributed by atoms with Crippen LogP contribution >= 0.6 is 27.3 Å². The van der Waals surface area contributed by atoms with E-state index >= 15 is 0 Å². The molecule has 2 heterocycles. The highest BCUT2D eigenvalue weighted by molar-refractivity contribution is 9.10. The molecule has 0 fully saturated rings. The predicted octanol–water partition coefficient (Wildman–Crippen LogP) is 3.57. The summed E-state index contributed by atoms with van der Waals surface area (Å²) in [6.07, 6.45) is 1.81. The monoisotopic (exact) mass is 239 g/mol. The largest absolute Gasteiger partial charge is 0.255 e. The van der Waals surface area contributed by atoms with Crippen molar-refractivity contribution in [2.45, 2.75) is 0 Å². The topological polar surface area (TPSA) is 12.9 Å². The lowest BCUT2D eigenvalue weighted by molar-refractivity contribution is 1.34. The fourth-order valence-electron chi connectivity index (χ4n) is 0.956. The Morgan fingerprint density at radius 1 is 1.33 bits per heavy atom. The third kappa shape index (κ3) is 1.57. The van der Waals surface area contributed by atoms with E-state index in [-0.39, 0.29) is 0 Å². The highest BCUT2D eigenvalue weighted by atomic mass is 79.9. The van der Waals surface area contributed by atoms with E-state index in [0.717, 1.165) is 10.2 Å². The number of hydrogen-bond donors (Lipinski definition) is 0. The third-order valence-electron chi connectivity index (χ3n) is 1.48. The molecule has 0 atom stereocenters. The minimum atomic E-state index is 1.04. The molecule has 60 valence electrons. The average molecular weight is 240 g/mol. The van der Waals surface area contributed by atoms with E-state index in [4.69, 9.17) is 0 Å². The first-order valence-electron chi connectivity index (χ1n) is 3.52. The van der Waals surface area contributed by atoms with Gasteiger partial charge in [0.05, 0.1) is 10.6 Å². The molecule has 0 amide bonds. The molecule has 0 aliphatic heterocycles. The SMILES string of the molecule is Brc1csc(-c2ccccn2)c1. The van der Waals surface area contributed by atoms with Crippen LogP contribution in [0.25, 0.3) is 10.6 Å². The number of hydrogen-bond acceptors (Lipinski definition) is 2. The molecule has 0 saturated carbocycles. The zero-order valence-corrected chi connectivity index (χ0v) is 8.60. The first kappa shape index (κ1) is 7.95. The summed E-state index contributed by atoms with van der Waals surface area (Å²) < 4.78 is 1.12. The predicted molar refractivity (Wildman–Crippen MR) is 55.3 cm³/mol. The molecule has 0 aliphatic carbocycles. The summed E-state index contributed by atoms with van der Waals surface area (Å²) in [4.78, 5) is 5.45. The van der Waals surface area contributed by atoms with Crippen molar-refractivity contribution in [2.24, 2.45) is 0 Å². The van der Waals surface area contributed by atoms with E-state index in [9.17, 15) is 0 Å². The van der Waals surface area contributed by atoms with Gasteiger partial charge < -0.3 is 0 Å². The van der Waals surface area contributed by atoms with E-state index in [2.05, 4.69) is 32.4 Å². The summed E-state index contributed by atoms with van der Waals surface area (Å²) in [5, 5.41) is 2.06. The molecule has 1 nitrogen and oxygen atoms in total. The molecule has 0 bridgehead atoms. The van der Waals surface area contributed by atoms with Crippen LogP contribution in [-0.4, -0.2) is 4.98 Å². The summed E-state index contributed by atoms with van der Waals surface area (Å²) in [6.45, 7) is 0. The zero-order chi connectivity index (χ0) is 8.39. The lowest BCUT2D eigenvalue weighted by Gasteiger charge is -1.92. The van der Waals surface area contributed by atoms with Crippen LogP contribution in [0.15, 0.2) is 40.3 Å². The Morgan fingerprint density at radius 2 is 2.25 bits per heavy atom. The van der Waals surface area contributed by atoms with Gasteiger partial charge in [-0.05, 0) is 34.1 Å². The third-order valence-corrected chi connectivity index (χ3v) is 3.20. The molecule has 0 aliphatic rings. The van der Waals surface area contributed by atoms with E-state index < -0.39 is 0 Å². The Bertz CT molecular complexity index is 369. The maximum atomic E-state index is 4.25. The molecule has 0 spiro atoms. The Labute approximate surface area is 83.2 Å². The van der Waals surface area contributed by atoms with Crippen molar-refractivity contribution >= 4 is 27.3 Å². The van der Waals surface area contributed by atoms with Gasteiger partial charge in [-0.1, -0.05) is 6.07 Å². The van der Waals surface area contributed by atoms with Gasteiger partial charge in [0, 0.05) is 16.0 Å². The first-order chi connectivity index (χ1) is 5.86. The number of nitrogens with zero attached hydrogens (tertiary/aromatic N) is 1. The molecule has 2 aromatic rings. The van der Waals surface area contributed by atoms with E-state index in [1.165, 1.54) is 4.88 Å². The van der Waals surface area contributed by atoms with Gasteiger partial charge in [0.15, 0.2) is 0 Å². The molecule has 2 aromatic heterocycles. The van der Waals surface area contributed by atoms with E-state index in [1.54, 1.807) is 11.3 Å². The van der Waals surface area contributed by atoms with Crippen molar-refractivity contribution in [3.05, 3.63) is 40.3 Å². The van der Waals surface area contributed by atoms with Crippen LogP contribution < -0.4 is 0 Å². The number of rotatable bonds is 1. The summed E-state index contributed by atoms with van der Waals surface area (Å²) in [7, 11) is 0. The average Bonchev–Trinajstić information content (AvgIpc) is 2.54. The van der Waals surface area contributed by atoms with E-state index in [0.29, 0.717) is 0 Å². The second-order valence-corrected chi connectivity index (χ2v) is 4.17. The smallest absolute Gasteiger partial charge is 0.0802 e. The Morgan fingerprint density at radius 3 is 2.83 bits per heavy atom. The minimum Gasteiger partial charge on any atom is -0.255 e. The summed E-state index contributed by atoms with van der Waals surface area (Å²) in [5.41, 5.74) is 1.04. The second-order valence-electron chi connectivity index (χ2n) is 2.34. The number of pyridine rings is 1. The molecule has 12 heavy (non-hydrogen) atoms. The van der Waals surface area contributed by atoms with Crippen LogP contribution in [0, 0.1) is 0 Å². The number of thiophene rings is 1. The quantitative estimate of drug-likeness (QED) is 0.742. The van der Waals surface area contributed by atoms with Crippen LogP contribution in [0.2, 0.25) is 0 Å². The molecule has 2 rings (SSSR count). The molecular weight excluding hydrogens is 234 g/mol. The van der Waals surface area contributed by atoms with Crippen molar-refractivity contribution in [2.75, 3.05) is 0 Å². The lowest BCUT2D eigenvalue weighted by atomic mass is 10.3. The van der Waals surface area contributed by atoms with Crippen LogP contribution in [-0.2, 0) is 0 Å². The van der Waals surface area contributed by atoms with Gasteiger partial charge in [0.1, 0.15) is 0 Å². The van der Waals surface area contributed by atoms with Crippen molar-refractivity contribution in [3.8, 4) is 10.6 Å². The highest BCUT2D eigenvalue weighted by Crippen LogP contribution is 2.27. The molecule has 0 unspecified atom stereocenters. The second kappa shape index (κ2) is 3.37. The zero-order valence-electron chi connectivity index (χ0n) is 6.20. The maximum Gasteiger partial charge on any atom is 0.0802 e. The fraction of sp³-hybridized carbons (Fsp3) is 0. The van der Waals surface area contributed by atoms with Crippen molar-refractivity contribution in [3.63, 3.8) is 0 Å². The molecule has 0 aromatic carbocycles. The Kier molecular flexibility index (Phi) is 2.23. The number of aromatic nitrogens is 1. The van der Waals surface area contributed by atoms with Crippen LogP contribution in [0.1, 0.15) is 0 Å². The summed E-state index contributed by atoms with van der Waals surface area (Å²) in [5.74, 6) is 0. The van der Waals surface area contributed by atoms with Gasteiger partial charge in [-0.2, -0.15) is 0 Å². The normalized spacial score (nSPS) is 10.1. The standard InChI is InChI=1S/C9H6BrNS/c10-7-5-9(12-6-7)8-3-1-2-4-11-8/h1-6H. The summed E-state index contributed by atoms with van der Waals surface area (Å²) >= 11 is 5.11. The summed E-state index contributed by atoms with van der Waals surface area (Å²) in [6, 6.07) is 8.01. The van der Waals surface area contributed by atoms with Crippen LogP contribution in [0.3, 0.4) is 0 Å². The van der Waals surface area contributed by atoms with Gasteiger partial charge >= 0.3 is 0 Å². The van der Waals surface area contributed by atoms with Gasteiger partial charge in [-0.3, -0.25) is 4.98 Å². The van der Waals surface area contributed by atoms with Gasteiger partial charge in [-0.25, -0.2) is 0 Å². The molecule has 0 saturated heterocycles. The molecule has 3 heteroatoms.